The molecule has 0 aliphatic heterocycles. The highest BCUT2D eigenvalue weighted by Crippen LogP contribution is 2.23. The van der Waals surface area contributed by atoms with Crippen molar-refractivity contribution in [2.45, 2.75) is 6.42 Å². The fourth-order valence-corrected chi connectivity index (χ4v) is 1.62. The second kappa shape index (κ2) is 6.07. The van der Waals surface area contributed by atoms with Crippen LogP contribution in [0.25, 0.3) is 0 Å². The van der Waals surface area contributed by atoms with E-state index < -0.39 is 0 Å². The van der Waals surface area contributed by atoms with Crippen molar-refractivity contribution in [2.24, 2.45) is 4.99 Å². The van der Waals surface area contributed by atoms with Crippen LogP contribution in [-0.2, 0) is 0 Å². The van der Waals surface area contributed by atoms with Crippen LogP contribution >= 0.6 is 11.6 Å². The zero-order valence-electron chi connectivity index (χ0n) is 9.58. The van der Waals surface area contributed by atoms with Gasteiger partial charge < -0.3 is 0 Å². The number of Topliss-reactive ketones (excluding diaryl/α,β-unsaturated/α-hetero) is 1. The maximum Gasteiger partial charge on any atom is 0.168 e. The Morgan fingerprint density at radius 3 is 2.67 bits per heavy atom. The Labute approximate surface area is 110 Å². The minimum atomic E-state index is 0.00760. The van der Waals surface area contributed by atoms with E-state index in [1.165, 1.54) is 0 Å². The highest BCUT2D eigenvalue weighted by atomic mass is 35.5. The molecule has 0 saturated heterocycles. The van der Waals surface area contributed by atoms with E-state index in [-0.39, 0.29) is 12.2 Å². The third kappa shape index (κ3) is 3.25. The zero-order chi connectivity index (χ0) is 12.8. The molecular formula is C14H11ClN2O. The number of hydrogen-bond donors (Lipinski definition) is 0. The van der Waals surface area contributed by atoms with Crippen LogP contribution in [0.15, 0.2) is 53.8 Å². The van der Waals surface area contributed by atoms with Gasteiger partial charge in [-0.3, -0.25) is 14.8 Å². The van der Waals surface area contributed by atoms with Gasteiger partial charge in [0.2, 0.25) is 0 Å². The molecule has 0 spiro atoms. The molecule has 0 atom stereocenters. The number of carbonyl (C=O) groups is 1. The predicted octanol–water partition coefficient (Wildman–Crippen LogP) is 3.71. The van der Waals surface area contributed by atoms with Crippen LogP contribution in [0.5, 0.6) is 0 Å². The van der Waals surface area contributed by atoms with E-state index in [0.29, 0.717) is 16.3 Å². The number of ketones is 1. The largest absolute Gasteiger partial charge is 0.294 e. The number of hydrogen-bond acceptors (Lipinski definition) is 3. The predicted molar refractivity (Wildman–Crippen MR) is 72.8 cm³/mol. The van der Waals surface area contributed by atoms with Crippen molar-refractivity contribution >= 4 is 29.3 Å². The molecule has 4 heteroatoms. The fraction of sp³-hybridized carbons (Fsp3) is 0.0714. The molecule has 0 fully saturated rings. The summed E-state index contributed by atoms with van der Waals surface area (Å²) < 4.78 is 0. The number of carbonyl (C=O) groups excluding carboxylic acids is 1. The molecule has 0 aliphatic rings. The summed E-state index contributed by atoms with van der Waals surface area (Å²) in [5, 5.41) is 0.574. The number of para-hydroxylation sites is 1. The van der Waals surface area contributed by atoms with E-state index in [1.54, 1.807) is 42.9 Å². The second-order valence-corrected chi connectivity index (χ2v) is 4.03. The van der Waals surface area contributed by atoms with Gasteiger partial charge in [0.25, 0.3) is 0 Å². The molecule has 0 amide bonds. The van der Waals surface area contributed by atoms with E-state index in [1.807, 2.05) is 12.1 Å². The molecule has 0 radical (unpaired) electrons. The fourth-order valence-electron chi connectivity index (χ4n) is 1.44. The average molecular weight is 259 g/mol. The molecule has 0 saturated carbocycles. The summed E-state index contributed by atoms with van der Waals surface area (Å²) in [4.78, 5) is 19.8. The first kappa shape index (κ1) is 12.5. The minimum Gasteiger partial charge on any atom is -0.294 e. The van der Waals surface area contributed by atoms with Crippen molar-refractivity contribution < 1.29 is 4.79 Å². The van der Waals surface area contributed by atoms with Gasteiger partial charge in [0.15, 0.2) is 5.78 Å². The molecular weight excluding hydrogens is 248 g/mol. The van der Waals surface area contributed by atoms with Gasteiger partial charge in [-0.25, -0.2) is 0 Å². The van der Waals surface area contributed by atoms with Crippen molar-refractivity contribution in [1.82, 2.24) is 4.98 Å². The summed E-state index contributed by atoms with van der Waals surface area (Å²) in [5.74, 6) is 0.00760. The van der Waals surface area contributed by atoms with Crippen LogP contribution in [-0.4, -0.2) is 17.0 Å². The van der Waals surface area contributed by atoms with Crippen molar-refractivity contribution in [1.29, 1.82) is 0 Å². The quantitative estimate of drug-likeness (QED) is 0.620. The van der Waals surface area contributed by atoms with Gasteiger partial charge in [0.05, 0.1) is 10.7 Å². The lowest BCUT2D eigenvalue weighted by Crippen LogP contribution is -1.99. The van der Waals surface area contributed by atoms with Crippen LogP contribution in [0.1, 0.15) is 16.8 Å². The first-order chi connectivity index (χ1) is 8.77. The lowest BCUT2D eigenvalue weighted by Gasteiger charge is -1.97. The van der Waals surface area contributed by atoms with Gasteiger partial charge in [-0.1, -0.05) is 23.7 Å². The zero-order valence-corrected chi connectivity index (χ0v) is 10.3. The lowest BCUT2D eigenvalue weighted by atomic mass is 10.1. The normalized spacial score (nSPS) is 10.7. The molecule has 1 aromatic heterocycles. The number of aromatic nitrogens is 1. The number of aliphatic imine (C=N–C) groups is 1. The topological polar surface area (TPSA) is 42.3 Å². The molecule has 1 heterocycles. The first-order valence-electron chi connectivity index (χ1n) is 5.47. The molecule has 0 N–H and O–H groups in total. The minimum absolute atomic E-state index is 0.00760. The summed E-state index contributed by atoms with van der Waals surface area (Å²) in [7, 11) is 0. The highest BCUT2D eigenvalue weighted by Gasteiger charge is 2.02. The Morgan fingerprint density at radius 2 is 1.94 bits per heavy atom. The number of pyridine rings is 1. The van der Waals surface area contributed by atoms with Gasteiger partial charge in [0, 0.05) is 30.6 Å². The van der Waals surface area contributed by atoms with Crippen LogP contribution in [0.3, 0.4) is 0 Å². The molecule has 3 nitrogen and oxygen atoms in total. The Balaban J connectivity index is 2.00. The summed E-state index contributed by atoms with van der Waals surface area (Å²) in [5.41, 5.74) is 1.30. The van der Waals surface area contributed by atoms with Crippen molar-refractivity contribution in [3.05, 3.63) is 59.4 Å². The van der Waals surface area contributed by atoms with E-state index in [9.17, 15) is 4.79 Å². The molecule has 2 aromatic rings. The second-order valence-electron chi connectivity index (χ2n) is 3.63. The molecule has 1 aromatic carbocycles. The third-order valence-corrected chi connectivity index (χ3v) is 2.68. The van der Waals surface area contributed by atoms with E-state index >= 15 is 0 Å². The summed E-state index contributed by atoms with van der Waals surface area (Å²) in [6, 6.07) is 10.6. The van der Waals surface area contributed by atoms with Crippen LogP contribution in [0.4, 0.5) is 5.69 Å². The van der Waals surface area contributed by atoms with Crippen molar-refractivity contribution in [2.75, 3.05) is 0 Å². The Kier molecular flexibility index (Phi) is 4.20. The van der Waals surface area contributed by atoms with E-state index in [0.717, 1.165) is 0 Å². The number of rotatable bonds is 4. The van der Waals surface area contributed by atoms with Gasteiger partial charge in [-0.2, -0.15) is 0 Å². The van der Waals surface area contributed by atoms with Crippen LogP contribution in [0.2, 0.25) is 5.02 Å². The molecule has 2 rings (SSSR count). The van der Waals surface area contributed by atoms with Gasteiger partial charge in [0.1, 0.15) is 0 Å². The average Bonchev–Trinajstić information content (AvgIpc) is 2.42. The Bertz CT molecular complexity index is 567. The molecule has 0 aliphatic carbocycles. The highest BCUT2D eigenvalue weighted by molar-refractivity contribution is 6.33. The van der Waals surface area contributed by atoms with Crippen LogP contribution < -0.4 is 0 Å². The summed E-state index contributed by atoms with van der Waals surface area (Å²) in [6.45, 7) is 0. The van der Waals surface area contributed by atoms with E-state index in [4.69, 9.17) is 11.6 Å². The summed E-state index contributed by atoms with van der Waals surface area (Å²) >= 11 is 5.95. The van der Waals surface area contributed by atoms with Gasteiger partial charge >= 0.3 is 0 Å². The maximum absolute atomic E-state index is 11.8. The van der Waals surface area contributed by atoms with Crippen LogP contribution in [0, 0.1) is 0 Å². The third-order valence-electron chi connectivity index (χ3n) is 2.36. The van der Waals surface area contributed by atoms with Crippen molar-refractivity contribution in [3.8, 4) is 0 Å². The molecule has 18 heavy (non-hydrogen) atoms. The van der Waals surface area contributed by atoms with E-state index in [2.05, 4.69) is 9.98 Å². The lowest BCUT2D eigenvalue weighted by molar-refractivity contribution is 0.100. The smallest absolute Gasteiger partial charge is 0.168 e. The van der Waals surface area contributed by atoms with Gasteiger partial charge in [-0.15, -0.1) is 0 Å². The maximum atomic E-state index is 11.8. The van der Waals surface area contributed by atoms with Gasteiger partial charge in [-0.05, 0) is 24.3 Å². The molecule has 90 valence electrons. The standard InChI is InChI=1S/C14H11ClN2O/c15-12-3-1-2-4-13(12)17-10-7-14(18)11-5-8-16-9-6-11/h1-6,8-10H,7H2. The van der Waals surface area contributed by atoms with Crippen molar-refractivity contribution in [3.63, 3.8) is 0 Å². The summed E-state index contributed by atoms with van der Waals surface area (Å²) in [6.07, 6.45) is 5.01. The molecule has 0 unspecified atom stereocenters. The number of nitrogens with zero attached hydrogens (tertiary/aromatic N) is 2. The number of benzene rings is 1. The monoisotopic (exact) mass is 258 g/mol. The Hall–Kier alpha value is -2.00. The SMILES string of the molecule is O=C(CC=Nc1ccccc1Cl)c1ccncc1. The first-order valence-corrected chi connectivity index (χ1v) is 5.85. The number of halogens is 1. The Morgan fingerprint density at radius 1 is 1.22 bits per heavy atom. The molecule has 0 bridgehead atoms.